The van der Waals surface area contributed by atoms with Gasteiger partial charge < -0.3 is 19.9 Å². The predicted octanol–water partition coefficient (Wildman–Crippen LogP) is 3.18. The fourth-order valence-corrected chi connectivity index (χ4v) is 3.75. The molecule has 0 unspecified atom stereocenters. The van der Waals surface area contributed by atoms with Crippen LogP contribution in [0.3, 0.4) is 0 Å². The van der Waals surface area contributed by atoms with Crippen LogP contribution in [0.4, 0.5) is 11.4 Å². The number of hydrogen-bond donors (Lipinski definition) is 2. The minimum atomic E-state index is -0.541. The van der Waals surface area contributed by atoms with Crippen molar-refractivity contribution in [2.75, 3.05) is 23.4 Å². The predicted molar refractivity (Wildman–Crippen MR) is 110 cm³/mol. The molecule has 0 radical (unpaired) electrons. The van der Waals surface area contributed by atoms with E-state index in [2.05, 4.69) is 10.3 Å². The third kappa shape index (κ3) is 3.59. The molecule has 0 atom stereocenters. The minimum Gasteiger partial charge on any atom is -0.452 e. The highest BCUT2D eigenvalue weighted by atomic mass is 16.5. The van der Waals surface area contributed by atoms with E-state index in [0.29, 0.717) is 23.5 Å². The number of para-hydroxylation sites is 1. The van der Waals surface area contributed by atoms with Crippen LogP contribution < -0.4 is 10.2 Å². The second-order valence-corrected chi connectivity index (χ2v) is 7.06. The van der Waals surface area contributed by atoms with E-state index in [9.17, 15) is 14.4 Å². The van der Waals surface area contributed by atoms with Gasteiger partial charge in [0, 0.05) is 41.4 Å². The van der Waals surface area contributed by atoms with E-state index in [0.717, 1.165) is 28.6 Å². The quantitative estimate of drug-likeness (QED) is 0.668. The zero-order valence-corrected chi connectivity index (χ0v) is 16.2. The van der Waals surface area contributed by atoms with E-state index in [-0.39, 0.29) is 12.5 Å². The van der Waals surface area contributed by atoms with Crippen molar-refractivity contribution in [3.8, 4) is 0 Å². The highest BCUT2D eigenvalue weighted by molar-refractivity contribution is 6.06. The van der Waals surface area contributed by atoms with Crippen LogP contribution in [0.5, 0.6) is 0 Å². The van der Waals surface area contributed by atoms with E-state index in [1.807, 2.05) is 36.4 Å². The molecule has 7 heteroatoms. The van der Waals surface area contributed by atoms with Gasteiger partial charge in [-0.25, -0.2) is 4.79 Å². The zero-order chi connectivity index (χ0) is 20.5. The van der Waals surface area contributed by atoms with Crippen LogP contribution in [-0.2, 0) is 20.7 Å². The maximum Gasteiger partial charge on any atom is 0.341 e. The van der Waals surface area contributed by atoms with Gasteiger partial charge in [0.25, 0.3) is 5.91 Å². The van der Waals surface area contributed by atoms with Crippen molar-refractivity contribution in [1.29, 1.82) is 0 Å². The van der Waals surface area contributed by atoms with Crippen molar-refractivity contribution < 1.29 is 19.1 Å². The third-order valence-electron chi connectivity index (χ3n) is 5.07. The number of benzene rings is 2. The van der Waals surface area contributed by atoms with Crippen LogP contribution in [-0.4, -0.2) is 35.9 Å². The molecule has 0 aliphatic carbocycles. The van der Waals surface area contributed by atoms with Crippen molar-refractivity contribution in [2.45, 2.75) is 20.3 Å². The van der Waals surface area contributed by atoms with Crippen molar-refractivity contribution in [3.63, 3.8) is 0 Å². The lowest BCUT2D eigenvalue weighted by atomic mass is 10.1. The Morgan fingerprint density at radius 1 is 1.17 bits per heavy atom. The number of aromatic nitrogens is 1. The second-order valence-electron chi connectivity index (χ2n) is 7.06. The molecule has 1 aliphatic heterocycles. The number of ether oxygens (including phenoxy) is 1. The number of H-pyrrole nitrogens is 1. The number of carbonyl (C=O) groups is 3. The summed E-state index contributed by atoms with van der Waals surface area (Å²) >= 11 is 0. The van der Waals surface area contributed by atoms with Gasteiger partial charge in [-0.1, -0.05) is 18.2 Å². The minimum absolute atomic E-state index is 0.0000206. The number of aromatic amines is 1. The number of fused-ring (bicyclic) bond motifs is 2. The summed E-state index contributed by atoms with van der Waals surface area (Å²) in [7, 11) is 0. The molecule has 3 aromatic rings. The molecule has 2 amide bonds. The van der Waals surface area contributed by atoms with Crippen LogP contribution in [0.25, 0.3) is 10.9 Å². The molecule has 0 saturated heterocycles. The summed E-state index contributed by atoms with van der Waals surface area (Å²) in [6, 6.07) is 12.9. The molecule has 148 valence electrons. The van der Waals surface area contributed by atoms with Gasteiger partial charge in [0.15, 0.2) is 6.61 Å². The van der Waals surface area contributed by atoms with Crippen molar-refractivity contribution in [1.82, 2.24) is 4.98 Å². The molecule has 29 heavy (non-hydrogen) atoms. The Morgan fingerprint density at radius 3 is 2.76 bits per heavy atom. The maximum absolute atomic E-state index is 12.5. The summed E-state index contributed by atoms with van der Waals surface area (Å²) in [5.74, 6) is -0.960. The summed E-state index contributed by atoms with van der Waals surface area (Å²) in [5, 5.41) is 3.51. The topological polar surface area (TPSA) is 91.5 Å². The van der Waals surface area contributed by atoms with Crippen LogP contribution in [0.15, 0.2) is 42.5 Å². The van der Waals surface area contributed by atoms with Crippen molar-refractivity contribution >= 4 is 40.1 Å². The van der Waals surface area contributed by atoms with Gasteiger partial charge >= 0.3 is 5.97 Å². The Labute approximate surface area is 167 Å². The lowest BCUT2D eigenvalue weighted by molar-refractivity contribution is -0.119. The van der Waals surface area contributed by atoms with E-state index in [1.165, 1.54) is 6.92 Å². The van der Waals surface area contributed by atoms with E-state index in [4.69, 9.17) is 4.74 Å². The number of amides is 2. The molecule has 1 aromatic heterocycles. The van der Waals surface area contributed by atoms with Crippen LogP contribution in [0.2, 0.25) is 0 Å². The lowest BCUT2D eigenvalue weighted by Crippen LogP contribution is -2.25. The van der Waals surface area contributed by atoms with Crippen LogP contribution in [0.1, 0.15) is 28.5 Å². The van der Waals surface area contributed by atoms with Gasteiger partial charge in [-0.2, -0.15) is 0 Å². The molecular formula is C22H21N3O4. The highest BCUT2D eigenvalue weighted by Crippen LogP contribution is 2.30. The first-order valence-electron chi connectivity index (χ1n) is 9.39. The van der Waals surface area contributed by atoms with Gasteiger partial charge in [0.05, 0.1) is 5.56 Å². The van der Waals surface area contributed by atoms with E-state index in [1.54, 1.807) is 17.9 Å². The Balaban J connectivity index is 1.40. The maximum atomic E-state index is 12.5. The molecule has 2 heterocycles. The Morgan fingerprint density at radius 2 is 1.97 bits per heavy atom. The average Bonchev–Trinajstić information content (AvgIpc) is 3.26. The number of carbonyl (C=O) groups excluding carboxylic acids is 3. The number of rotatable bonds is 4. The molecule has 2 aromatic carbocycles. The number of nitrogens with one attached hydrogen (secondary N) is 2. The summed E-state index contributed by atoms with van der Waals surface area (Å²) in [6.07, 6.45) is 0.744. The fourth-order valence-electron chi connectivity index (χ4n) is 3.75. The number of nitrogens with zero attached hydrogens (tertiary/aromatic N) is 1. The Bertz CT molecular complexity index is 1130. The highest BCUT2D eigenvalue weighted by Gasteiger charge is 2.23. The molecule has 0 spiro atoms. The summed E-state index contributed by atoms with van der Waals surface area (Å²) in [6.45, 7) is 3.60. The SMILES string of the molecule is CC(=O)N1CCc2cc(NC(=O)COC(=O)c3c(C)[nH]c4ccccc34)ccc21. The van der Waals surface area contributed by atoms with Gasteiger partial charge in [-0.3, -0.25) is 9.59 Å². The Kier molecular flexibility index (Phi) is 4.80. The van der Waals surface area contributed by atoms with Crippen molar-refractivity contribution in [3.05, 3.63) is 59.3 Å². The number of esters is 1. The molecule has 2 N–H and O–H groups in total. The molecule has 7 nitrogen and oxygen atoms in total. The first-order valence-corrected chi connectivity index (χ1v) is 9.39. The monoisotopic (exact) mass is 391 g/mol. The second kappa shape index (κ2) is 7.43. The van der Waals surface area contributed by atoms with Gasteiger partial charge in [-0.05, 0) is 43.2 Å². The molecular weight excluding hydrogens is 370 g/mol. The first kappa shape index (κ1) is 18.7. The van der Waals surface area contributed by atoms with E-state index < -0.39 is 11.9 Å². The largest absolute Gasteiger partial charge is 0.452 e. The zero-order valence-electron chi connectivity index (χ0n) is 16.2. The summed E-state index contributed by atoms with van der Waals surface area (Å²) in [5.41, 5.74) is 4.47. The van der Waals surface area contributed by atoms with Crippen LogP contribution >= 0.6 is 0 Å². The van der Waals surface area contributed by atoms with Gasteiger partial charge in [-0.15, -0.1) is 0 Å². The van der Waals surface area contributed by atoms with Crippen molar-refractivity contribution in [2.24, 2.45) is 0 Å². The smallest absolute Gasteiger partial charge is 0.341 e. The number of hydrogen-bond acceptors (Lipinski definition) is 4. The van der Waals surface area contributed by atoms with Crippen LogP contribution in [0, 0.1) is 6.92 Å². The molecule has 0 fully saturated rings. The van der Waals surface area contributed by atoms with Gasteiger partial charge in [0.1, 0.15) is 0 Å². The Hall–Kier alpha value is -3.61. The average molecular weight is 391 g/mol. The number of aryl methyl sites for hydroxylation is 1. The first-order chi connectivity index (χ1) is 13.9. The molecule has 1 aliphatic rings. The standard InChI is InChI=1S/C22H21N3O4/c1-13-21(17-5-3-4-6-18(17)23-13)22(28)29-12-20(27)24-16-7-8-19-15(11-16)9-10-25(19)14(2)26/h3-8,11,23H,9-10,12H2,1-2H3,(H,24,27). The normalized spacial score (nSPS) is 12.7. The molecule has 0 bridgehead atoms. The van der Waals surface area contributed by atoms with Gasteiger partial charge in [0.2, 0.25) is 5.91 Å². The molecule has 4 rings (SSSR count). The summed E-state index contributed by atoms with van der Waals surface area (Å²) in [4.78, 5) is 41.2. The fraction of sp³-hybridized carbons (Fsp3) is 0.227. The number of anilines is 2. The third-order valence-corrected chi connectivity index (χ3v) is 5.07. The van der Waals surface area contributed by atoms with E-state index >= 15 is 0 Å². The summed E-state index contributed by atoms with van der Waals surface area (Å²) < 4.78 is 5.23. The lowest BCUT2D eigenvalue weighted by Gasteiger charge is -2.15. The molecule has 0 saturated carbocycles.